The number of hydrogen-bond acceptors (Lipinski definition) is 4. The highest BCUT2D eigenvalue weighted by molar-refractivity contribution is 9.10. The minimum Gasteiger partial charge on any atom is -0.477 e. The van der Waals surface area contributed by atoms with E-state index in [1.54, 1.807) is 19.1 Å². The van der Waals surface area contributed by atoms with Crippen molar-refractivity contribution in [2.24, 2.45) is 0 Å². The first-order valence-corrected chi connectivity index (χ1v) is 8.92. The van der Waals surface area contributed by atoms with E-state index in [4.69, 9.17) is 5.11 Å². The van der Waals surface area contributed by atoms with Gasteiger partial charge in [0.15, 0.2) is 0 Å². The summed E-state index contributed by atoms with van der Waals surface area (Å²) in [5.74, 6) is -1.07. The van der Waals surface area contributed by atoms with Crippen LogP contribution in [-0.4, -0.2) is 19.5 Å². The predicted molar refractivity (Wildman–Crippen MR) is 85.7 cm³/mol. The molecule has 0 amide bonds. The topological polar surface area (TPSA) is 83.5 Å². The monoisotopic (exact) mass is 389 g/mol. The average Bonchev–Trinajstić information content (AvgIpc) is 2.68. The normalized spacial score (nSPS) is 11.4. The Hall–Kier alpha value is -1.38. The smallest absolute Gasteiger partial charge is 0.346 e. The van der Waals surface area contributed by atoms with Crippen molar-refractivity contribution in [2.45, 2.75) is 18.7 Å². The summed E-state index contributed by atoms with van der Waals surface area (Å²) in [7, 11) is -3.77. The molecule has 0 bridgehead atoms. The number of carbonyl (C=O) groups is 1. The maximum Gasteiger partial charge on any atom is 0.346 e. The predicted octanol–water partition coefficient (Wildman–Crippen LogP) is 3.63. The zero-order chi connectivity index (χ0) is 15.8. The van der Waals surface area contributed by atoms with Crippen LogP contribution in [-0.2, 0) is 10.0 Å². The minimum absolute atomic E-state index is 0.107. The fraction of sp³-hybridized carbons (Fsp3) is 0.154. The van der Waals surface area contributed by atoms with Gasteiger partial charge in [0.05, 0.1) is 0 Å². The second-order valence-corrected chi connectivity index (χ2v) is 8.02. The molecule has 0 unspecified atom stereocenters. The lowest BCUT2D eigenvalue weighted by atomic mass is 10.2. The molecule has 112 valence electrons. The van der Waals surface area contributed by atoms with E-state index in [1.807, 2.05) is 6.92 Å². The van der Waals surface area contributed by atoms with Crippen LogP contribution in [0.5, 0.6) is 0 Å². The number of nitrogens with one attached hydrogen (secondary N) is 1. The third-order valence-corrected chi connectivity index (χ3v) is 6.34. The molecule has 5 nitrogen and oxygen atoms in total. The van der Waals surface area contributed by atoms with Crippen molar-refractivity contribution in [3.05, 3.63) is 44.7 Å². The highest BCUT2D eigenvalue weighted by Crippen LogP contribution is 2.30. The number of benzene rings is 1. The molecule has 0 aliphatic heterocycles. The van der Waals surface area contributed by atoms with E-state index in [-0.39, 0.29) is 14.8 Å². The summed E-state index contributed by atoms with van der Waals surface area (Å²) in [5, 5.41) is 9.27. The van der Waals surface area contributed by atoms with Crippen LogP contribution in [0.3, 0.4) is 0 Å². The molecule has 1 heterocycles. The van der Waals surface area contributed by atoms with Gasteiger partial charge in [-0.1, -0.05) is 6.07 Å². The minimum atomic E-state index is -3.77. The molecule has 1 aromatic heterocycles. The summed E-state index contributed by atoms with van der Waals surface area (Å²) in [4.78, 5) is 11.2. The number of rotatable bonds is 4. The zero-order valence-corrected chi connectivity index (χ0v) is 14.4. The van der Waals surface area contributed by atoms with Crippen LogP contribution in [0, 0.1) is 13.8 Å². The fourth-order valence-corrected chi connectivity index (χ4v) is 5.14. The Kier molecular flexibility index (Phi) is 4.40. The lowest BCUT2D eigenvalue weighted by Gasteiger charge is -2.08. The molecule has 0 atom stereocenters. The van der Waals surface area contributed by atoms with E-state index >= 15 is 0 Å². The summed E-state index contributed by atoms with van der Waals surface area (Å²) in [6.07, 6.45) is 0. The van der Waals surface area contributed by atoms with Crippen molar-refractivity contribution in [1.82, 2.24) is 0 Å². The van der Waals surface area contributed by atoms with Crippen molar-refractivity contribution >= 4 is 48.3 Å². The summed E-state index contributed by atoms with van der Waals surface area (Å²) in [6.45, 7) is 3.48. The number of thiophene rings is 1. The first-order valence-electron chi connectivity index (χ1n) is 5.83. The van der Waals surface area contributed by atoms with Gasteiger partial charge in [0, 0.05) is 4.47 Å². The van der Waals surface area contributed by atoms with Gasteiger partial charge >= 0.3 is 5.97 Å². The van der Waals surface area contributed by atoms with E-state index in [2.05, 4.69) is 20.7 Å². The van der Waals surface area contributed by atoms with Gasteiger partial charge in [-0.15, -0.1) is 11.3 Å². The van der Waals surface area contributed by atoms with E-state index in [1.165, 1.54) is 12.1 Å². The van der Waals surface area contributed by atoms with Crippen molar-refractivity contribution < 1.29 is 18.3 Å². The number of carboxylic acids is 1. The molecule has 0 fully saturated rings. The van der Waals surface area contributed by atoms with Crippen LogP contribution < -0.4 is 4.72 Å². The first kappa shape index (κ1) is 16.0. The maximum atomic E-state index is 12.3. The van der Waals surface area contributed by atoms with Gasteiger partial charge in [-0.25, -0.2) is 13.2 Å². The zero-order valence-electron chi connectivity index (χ0n) is 11.2. The van der Waals surface area contributed by atoms with Gasteiger partial charge in [-0.3, -0.25) is 4.72 Å². The van der Waals surface area contributed by atoms with Crippen molar-refractivity contribution in [3.63, 3.8) is 0 Å². The Bertz CT molecular complexity index is 812. The number of sulfonamides is 1. The molecule has 8 heteroatoms. The van der Waals surface area contributed by atoms with Gasteiger partial charge in [0.25, 0.3) is 10.0 Å². The molecule has 0 saturated carbocycles. The SMILES string of the molecule is Cc1ccc(S(=O)(=O)Nc2cc(C)c(C(=O)O)s2)c(Br)c1. The van der Waals surface area contributed by atoms with E-state index in [0.717, 1.165) is 16.9 Å². The maximum absolute atomic E-state index is 12.3. The summed E-state index contributed by atoms with van der Waals surface area (Å²) in [6, 6.07) is 6.41. The quantitative estimate of drug-likeness (QED) is 0.835. The van der Waals surface area contributed by atoms with E-state index in [9.17, 15) is 13.2 Å². The van der Waals surface area contributed by atoms with Gasteiger partial charge in [-0.2, -0.15) is 0 Å². The Morgan fingerprint density at radius 1 is 1.29 bits per heavy atom. The lowest BCUT2D eigenvalue weighted by Crippen LogP contribution is -2.12. The highest BCUT2D eigenvalue weighted by atomic mass is 79.9. The van der Waals surface area contributed by atoms with Crippen LogP contribution in [0.1, 0.15) is 20.8 Å². The molecule has 1 aromatic carbocycles. The molecule has 21 heavy (non-hydrogen) atoms. The molecule has 2 N–H and O–H groups in total. The number of aromatic carboxylic acids is 1. The average molecular weight is 390 g/mol. The number of aryl methyl sites for hydroxylation is 2. The van der Waals surface area contributed by atoms with Crippen LogP contribution in [0.2, 0.25) is 0 Å². The second kappa shape index (κ2) is 5.78. The van der Waals surface area contributed by atoms with E-state index < -0.39 is 16.0 Å². The molecule has 2 rings (SSSR count). The molecule has 2 aromatic rings. The van der Waals surface area contributed by atoms with Crippen molar-refractivity contribution in [1.29, 1.82) is 0 Å². The van der Waals surface area contributed by atoms with Crippen LogP contribution in [0.4, 0.5) is 5.00 Å². The summed E-state index contributed by atoms with van der Waals surface area (Å²) in [5.41, 5.74) is 1.45. The number of carboxylic acid groups (broad SMARTS) is 1. The molecule has 0 spiro atoms. The van der Waals surface area contributed by atoms with Crippen LogP contribution in [0.25, 0.3) is 0 Å². The van der Waals surface area contributed by atoms with Crippen LogP contribution >= 0.6 is 27.3 Å². The number of anilines is 1. The summed E-state index contributed by atoms with van der Waals surface area (Å²) < 4.78 is 27.6. The molecule has 0 aliphatic carbocycles. The lowest BCUT2D eigenvalue weighted by molar-refractivity contribution is 0.0701. The molecule has 0 aliphatic rings. The largest absolute Gasteiger partial charge is 0.477 e. The van der Waals surface area contributed by atoms with Crippen molar-refractivity contribution in [2.75, 3.05) is 4.72 Å². The Morgan fingerprint density at radius 2 is 1.95 bits per heavy atom. The molecular weight excluding hydrogens is 378 g/mol. The second-order valence-electron chi connectivity index (χ2n) is 4.47. The highest BCUT2D eigenvalue weighted by Gasteiger charge is 2.20. The Balaban J connectivity index is 2.37. The van der Waals surface area contributed by atoms with Gasteiger partial charge < -0.3 is 5.11 Å². The van der Waals surface area contributed by atoms with Gasteiger partial charge in [0.1, 0.15) is 14.8 Å². The van der Waals surface area contributed by atoms with E-state index in [0.29, 0.717) is 10.0 Å². The van der Waals surface area contributed by atoms with Gasteiger partial charge in [0.2, 0.25) is 0 Å². The third kappa shape index (κ3) is 3.45. The van der Waals surface area contributed by atoms with Crippen molar-refractivity contribution in [3.8, 4) is 0 Å². The first-order chi connectivity index (χ1) is 9.70. The standard InChI is InChI=1S/C13H12BrNO4S2/c1-7-3-4-10(9(14)5-7)21(18,19)15-11-6-8(2)12(20-11)13(16)17/h3-6,15H,1-2H3,(H,16,17). The molecule has 0 saturated heterocycles. The molecule has 0 radical (unpaired) electrons. The Labute approximate surface area is 134 Å². The number of halogens is 1. The van der Waals surface area contributed by atoms with Crippen LogP contribution in [0.15, 0.2) is 33.6 Å². The Morgan fingerprint density at radius 3 is 2.48 bits per heavy atom. The summed E-state index contributed by atoms with van der Waals surface area (Å²) >= 11 is 4.12. The fourth-order valence-electron chi connectivity index (χ4n) is 1.76. The molecular formula is C13H12BrNO4S2. The number of hydrogen-bond donors (Lipinski definition) is 2. The third-order valence-electron chi connectivity index (χ3n) is 2.72. The van der Waals surface area contributed by atoms with Gasteiger partial charge in [-0.05, 0) is 59.1 Å².